The number of aryl methyl sites for hydroxylation is 4. The second-order valence-corrected chi connectivity index (χ2v) is 8.37. The highest BCUT2D eigenvalue weighted by molar-refractivity contribution is 6.22. The van der Waals surface area contributed by atoms with Gasteiger partial charge in [-0.3, -0.25) is 0 Å². The van der Waals surface area contributed by atoms with Gasteiger partial charge in [0.2, 0.25) is 5.62 Å². The van der Waals surface area contributed by atoms with E-state index in [0.717, 1.165) is 28.5 Å². The van der Waals surface area contributed by atoms with E-state index in [1.807, 2.05) is 64.1 Å². The molecule has 9 heteroatoms. The number of benzene rings is 3. The lowest BCUT2D eigenvalue weighted by atomic mass is 10.1. The lowest BCUT2D eigenvalue weighted by molar-refractivity contribution is -0.0139. The smallest absolute Gasteiger partial charge is 0.339 e. The Kier molecular flexibility index (Phi) is 7.59. The first-order chi connectivity index (χ1) is 17.4. The molecule has 3 aromatic rings. The summed E-state index contributed by atoms with van der Waals surface area (Å²) in [5, 5.41) is 1.19. The van der Waals surface area contributed by atoms with Gasteiger partial charge in [0.15, 0.2) is 23.7 Å². The first-order valence-electron chi connectivity index (χ1n) is 11.1. The fourth-order valence-corrected chi connectivity index (χ4v) is 3.72. The van der Waals surface area contributed by atoms with Gasteiger partial charge in [0.25, 0.3) is 0 Å². The molecule has 4 rings (SSSR count). The number of nitrogens with zero attached hydrogens (tertiary/aromatic N) is 3. The molecule has 0 amide bonds. The maximum atomic E-state index is 10.6. The zero-order valence-corrected chi connectivity index (χ0v) is 20.9. The van der Waals surface area contributed by atoms with Crippen LogP contribution < -0.4 is 19.0 Å². The molecule has 184 valence electrons. The molecule has 0 radical (unpaired) electrons. The summed E-state index contributed by atoms with van der Waals surface area (Å²) < 4.78 is 17.5. The van der Waals surface area contributed by atoms with Crippen molar-refractivity contribution in [3.05, 3.63) is 89.2 Å². The van der Waals surface area contributed by atoms with E-state index in [4.69, 9.17) is 30.6 Å². The quantitative estimate of drug-likeness (QED) is 0.186. The topological polar surface area (TPSA) is 82.0 Å². The van der Waals surface area contributed by atoms with Gasteiger partial charge in [-0.1, -0.05) is 60.1 Å². The van der Waals surface area contributed by atoms with Gasteiger partial charge in [0.1, 0.15) is 11.5 Å². The first-order valence-corrected chi connectivity index (χ1v) is 11.5. The van der Waals surface area contributed by atoms with Crippen molar-refractivity contribution in [2.75, 3.05) is 0 Å². The Morgan fingerprint density at radius 2 is 1.39 bits per heavy atom. The normalized spacial score (nSPS) is 14.8. The molecule has 0 bridgehead atoms. The van der Waals surface area contributed by atoms with E-state index >= 15 is 0 Å². The number of carbonyl (C=O) groups excluding carboxylic acids is 1. The molecule has 0 saturated heterocycles. The number of amidine groups is 2. The summed E-state index contributed by atoms with van der Waals surface area (Å²) in [6.45, 7) is 7.71. The molecule has 8 nitrogen and oxygen atoms in total. The Morgan fingerprint density at radius 1 is 0.833 bits per heavy atom. The fourth-order valence-electron chi connectivity index (χ4n) is 3.51. The van der Waals surface area contributed by atoms with E-state index in [-0.39, 0.29) is 23.5 Å². The Labute approximate surface area is 214 Å². The second kappa shape index (κ2) is 11.0. The van der Waals surface area contributed by atoms with Crippen molar-refractivity contribution >= 4 is 29.6 Å². The summed E-state index contributed by atoms with van der Waals surface area (Å²) in [5.41, 5.74) is 2.52. The van der Waals surface area contributed by atoms with E-state index < -0.39 is 5.62 Å². The van der Waals surface area contributed by atoms with E-state index in [9.17, 15) is 4.79 Å². The molecule has 0 N–H and O–H groups in total. The van der Waals surface area contributed by atoms with Gasteiger partial charge in [0.05, 0.1) is 0 Å². The van der Waals surface area contributed by atoms with Crippen molar-refractivity contribution in [3.8, 4) is 23.0 Å². The third kappa shape index (κ3) is 5.51. The Morgan fingerprint density at radius 3 is 1.97 bits per heavy atom. The molecule has 1 heterocycles. The van der Waals surface area contributed by atoms with Gasteiger partial charge in [-0.25, -0.2) is 4.79 Å². The maximum Gasteiger partial charge on any atom is 0.339 e. The number of halogens is 1. The molecule has 0 saturated carbocycles. The maximum absolute atomic E-state index is 10.6. The molecule has 1 unspecified atom stereocenters. The van der Waals surface area contributed by atoms with E-state index in [1.165, 1.54) is 5.06 Å². The van der Waals surface area contributed by atoms with Crippen LogP contribution in [0.3, 0.4) is 0 Å². The fraction of sp³-hybridized carbons (Fsp3) is 0.185. The molecular formula is C27H24ClN3O5. The number of hydrogen-bond acceptors (Lipinski definition) is 8. The Bertz CT molecular complexity index is 1340. The number of aliphatic imine (C=N–C) groups is 2. The Hall–Kier alpha value is -4.26. The van der Waals surface area contributed by atoms with Crippen molar-refractivity contribution in [2.45, 2.75) is 33.3 Å². The van der Waals surface area contributed by atoms with Crippen molar-refractivity contribution in [2.24, 2.45) is 9.98 Å². The predicted molar refractivity (Wildman–Crippen MR) is 137 cm³/mol. The van der Waals surface area contributed by atoms with Crippen molar-refractivity contribution in [3.63, 3.8) is 0 Å². The highest BCUT2D eigenvalue weighted by atomic mass is 35.5. The number of rotatable bonds is 6. The largest absolute Gasteiger partial charge is 0.449 e. The number of para-hydroxylation sites is 4. The zero-order valence-electron chi connectivity index (χ0n) is 20.2. The summed E-state index contributed by atoms with van der Waals surface area (Å²) in [7, 11) is 0. The average molecular weight is 506 g/mol. The predicted octanol–water partition coefficient (Wildman–Crippen LogP) is 5.65. The minimum atomic E-state index is -1.10. The molecule has 36 heavy (non-hydrogen) atoms. The first kappa shape index (κ1) is 24.9. The molecule has 1 atom stereocenters. The van der Waals surface area contributed by atoms with Crippen LogP contribution in [0.15, 0.2) is 76.9 Å². The van der Waals surface area contributed by atoms with Crippen LogP contribution in [0.1, 0.15) is 22.3 Å². The summed E-state index contributed by atoms with van der Waals surface area (Å²) in [5.74, 6) is 3.30. The molecule has 3 aromatic carbocycles. The van der Waals surface area contributed by atoms with Gasteiger partial charge in [0, 0.05) is 0 Å². The van der Waals surface area contributed by atoms with E-state index in [1.54, 1.807) is 30.2 Å². The standard InChI is InChI=1S/C27H24ClN3O5/c1-17-9-7-10-18(2)23(17)34-26-29-25(28)31(36-22-14-6-5-13-21(22)33-16-15-32)27(30-26)35-24-19(3)11-8-12-20(24)4/h5-14,16,25H,1-4H3. The van der Waals surface area contributed by atoms with Gasteiger partial charge in [-0.15, -0.1) is 10.1 Å². The number of alkyl halides is 1. The summed E-state index contributed by atoms with van der Waals surface area (Å²) >= 11 is 6.63. The minimum Gasteiger partial charge on any atom is -0.449 e. The number of hydrogen-bond donors (Lipinski definition) is 0. The van der Waals surface area contributed by atoms with Crippen molar-refractivity contribution in [1.29, 1.82) is 0 Å². The lowest BCUT2D eigenvalue weighted by Crippen LogP contribution is -2.46. The molecule has 1 aliphatic rings. The molecule has 0 spiro atoms. The van der Waals surface area contributed by atoms with E-state index in [0.29, 0.717) is 11.5 Å². The average Bonchev–Trinajstić information content (AvgIpc) is 2.85. The molecule has 0 fully saturated rings. The molecule has 0 aliphatic carbocycles. The number of ether oxygens (including phenoxy) is 3. The number of hydroxylamine groups is 2. The van der Waals surface area contributed by atoms with Crippen LogP contribution in [0.25, 0.3) is 0 Å². The van der Waals surface area contributed by atoms with Crippen LogP contribution in [-0.2, 0) is 4.79 Å². The van der Waals surface area contributed by atoms with Crippen LogP contribution in [0.4, 0.5) is 0 Å². The highest BCUT2D eigenvalue weighted by Crippen LogP contribution is 2.31. The lowest BCUT2D eigenvalue weighted by Gasteiger charge is -2.30. The SMILES string of the molecule is Cc1cccc(C)c1OC1=NC(Cl)N(Oc2ccccc2OC=C=O)C(Oc2c(C)cccc2C)=N1. The highest BCUT2D eigenvalue weighted by Gasteiger charge is 2.32. The van der Waals surface area contributed by atoms with Crippen molar-refractivity contribution in [1.82, 2.24) is 5.06 Å². The summed E-state index contributed by atoms with van der Waals surface area (Å²) in [4.78, 5) is 25.5. The van der Waals surface area contributed by atoms with Crippen LogP contribution in [0, 0.1) is 27.7 Å². The van der Waals surface area contributed by atoms with Gasteiger partial charge >= 0.3 is 12.0 Å². The summed E-state index contributed by atoms with van der Waals surface area (Å²) in [6, 6.07) is 18.3. The van der Waals surface area contributed by atoms with Gasteiger partial charge < -0.3 is 19.0 Å². The molecular weight excluding hydrogens is 482 g/mol. The van der Waals surface area contributed by atoms with Crippen LogP contribution in [-0.4, -0.2) is 28.7 Å². The van der Waals surface area contributed by atoms with Crippen molar-refractivity contribution < 1.29 is 23.8 Å². The zero-order chi connectivity index (χ0) is 25.7. The van der Waals surface area contributed by atoms with Crippen LogP contribution >= 0.6 is 11.6 Å². The van der Waals surface area contributed by atoms with Crippen LogP contribution in [0.5, 0.6) is 23.0 Å². The third-order valence-electron chi connectivity index (χ3n) is 5.27. The minimum absolute atomic E-state index is 0.00405. The molecule has 1 aliphatic heterocycles. The third-order valence-corrected chi connectivity index (χ3v) is 5.55. The second-order valence-electron chi connectivity index (χ2n) is 7.98. The Balaban J connectivity index is 1.72. The summed E-state index contributed by atoms with van der Waals surface area (Å²) in [6.07, 6.45) is 0.882. The van der Waals surface area contributed by atoms with Gasteiger partial charge in [-0.05, 0) is 62.1 Å². The van der Waals surface area contributed by atoms with E-state index in [2.05, 4.69) is 9.98 Å². The monoisotopic (exact) mass is 505 g/mol. The van der Waals surface area contributed by atoms with Crippen LogP contribution in [0.2, 0.25) is 0 Å². The van der Waals surface area contributed by atoms with Gasteiger partial charge in [-0.2, -0.15) is 4.99 Å². The molecule has 0 aromatic heterocycles.